The Balaban J connectivity index is 2.06. The van der Waals surface area contributed by atoms with Crippen LogP contribution in [0.2, 0.25) is 0 Å². The lowest BCUT2D eigenvalue weighted by Gasteiger charge is -2.27. The van der Waals surface area contributed by atoms with Crippen LogP contribution in [0.25, 0.3) is 0 Å². The van der Waals surface area contributed by atoms with E-state index < -0.39 is 0 Å². The molecule has 2 heteroatoms. The van der Waals surface area contributed by atoms with Gasteiger partial charge in [0, 0.05) is 17.4 Å². The summed E-state index contributed by atoms with van der Waals surface area (Å²) in [6.07, 6.45) is 1.96. The SMILES string of the molecule is CC1(C)[C@@H]2C[C@H](c3ccccc3)[C@@H]1/C(=C/O)C2=O. The summed E-state index contributed by atoms with van der Waals surface area (Å²) in [5.74, 6) is 0.732. The minimum atomic E-state index is -0.0356. The maximum Gasteiger partial charge on any atom is 0.165 e. The van der Waals surface area contributed by atoms with Crippen LogP contribution in [0.1, 0.15) is 31.7 Å². The highest BCUT2D eigenvalue weighted by Gasteiger charge is 2.61. The normalized spacial score (nSPS) is 35.3. The number of hydrogen-bond donors (Lipinski definition) is 1. The molecule has 0 aromatic heterocycles. The second-order valence-electron chi connectivity index (χ2n) is 6.05. The van der Waals surface area contributed by atoms with E-state index in [9.17, 15) is 9.90 Å². The number of rotatable bonds is 1. The molecular formula is C16H18O2. The van der Waals surface area contributed by atoms with Gasteiger partial charge in [-0.25, -0.2) is 0 Å². The summed E-state index contributed by atoms with van der Waals surface area (Å²) in [4.78, 5) is 12.2. The molecule has 2 aliphatic rings. The lowest BCUT2D eigenvalue weighted by atomic mass is 9.76. The molecule has 1 aromatic rings. The molecule has 1 N–H and O–H groups in total. The third-order valence-corrected chi connectivity index (χ3v) is 4.89. The van der Waals surface area contributed by atoms with Crippen molar-refractivity contribution in [3.63, 3.8) is 0 Å². The highest BCUT2D eigenvalue weighted by atomic mass is 16.2. The highest BCUT2D eigenvalue weighted by molar-refractivity contribution is 6.02. The van der Waals surface area contributed by atoms with E-state index in [4.69, 9.17) is 0 Å². The number of allylic oxidation sites excluding steroid dienone is 1. The van der Waals surface area contributed by atoms with Gasteiger partial charge in [-0.3, -0.25) is 4.79 Å². The number of benzene rings is 1. The van der Waals surface area contributed by atoms with E-state index in [0.717, 1.165) is 12.7 Å². The van der Waals surface area contributed by atoms with Crippen molar-refractivity contribution in [2.75, 3.05) is 0 Å². The van der Waals surface area contributed by atoms with Crippen molar-refractivity contribution in [2.45, 2.75) is 26.2 Å². The fourth-order valence-corrected chi connectivity index (χ4v) is 4.02. The summed E-state index contributed by atoms with van der Waals surface area (Å²) in [6, 6.07) is 10.3. The first-order chi connectivity index (χ1) is 8.57. The Labute approximate surface area is 107 Å². The molecule has 2 bridgehead atoms. The zero-order chi connectivity index (χ0) is 12.9. The summed E-state index contributed by atoms with van der Waals surface area (Å²) >= 11 is 0. The van der Waals surface area contributed by atoms with Gasteiger partial charge in [0.1, 0.15) is 0 Å². The average Bonchev–Trinajstić information content (AvgIpc) is 2.74. The summed E-state index contributed by atoms with van der Waals surface area (Å²) in [5.41, 5.74) is 1.88. The molecule has 3 atom stereocenters. The first-order valence-electron chi connectivity index (χ1n) is 6.50. The van der Waals surface area contributed by atoms with Crippen LogP contribution in [0.4, 0.5) is 0 Å². The Bertz CT molecular complexity index is 513. The fraction of sp³-hybridized carbons (Fsp3) is 0.438. The number of aliphatic hydroxyl groups excluding tert-OH is 1. The molecule has 0 radical (unpaired) electrons. The molecule has 2 saturated carbocycles. The zero-order valence-corrected chi connectivity index (χ0v) is 10.8. The molecule has 2 aliphatic carbocycles. The largest absolute Gasteiger partial charge is 0.515 e. The van der Waals surface area contributed by atoms with E-state index >= 15 is 0 Å². The van der Waals surface area contributed by atoms with Crippen LogP contribution in [0.3, 0.4) is 0 Å². The first kappa shape index (κ1) is 11.5. The molecule has 94 valence electrons. The zero-order valence-electron chi connectivity index (χ0n) is 10.8. The lowest BCUT2D eigenvalue weighted by molar-refractivity contribution is -0.119. The number of carbonyl (C=O) groups excluding carboxylic acids is 1. The van der Waals surface area contributed by atoms with Gasteiger partial charge >= 0.3 is 0 Å². The standard InChI is InChI=1S/C16H18O2/c1-16(2)13-8-11(10-6-4-3-5-7-10)14(16)12(9-17)15(13)18/h3-7,9,11,13-14,17H,8H2,1-2H3/b12-9-/t11-,13-,14-/m1/s1. The van der Waals surface area contributed by atoms with Gasteiger partial charge in [-0.1, -0.05) is 44.2 Å². The molecule has 0 unspecified atom stereocenters. The number of ketones is 1. The molecular weight excluding hydrogens is 224 g/mol. The molecule has 0 saturated heterocycles. The maximum atomic E-state index is 12.2. The van der Waals surface area contributed by atoms with Gasteiger partial charge in [-0.2, -0.15) is 0 Å². The Morgan fingerprint density at radius 1 is 1.28 bits per heavy atom. The third kappa shape index (κ3) is 1.32. The minimum Gasteiger partial charge on any atom is -0.515 e. The number of Topliss-reactive ketones (excluding diaryl/α,β-unsaturated/α-hetero) is 1. The van der Waals surface area contributed by atoms with Crippen molar-refractivity contribution in [2.24, 2.45) is 17.3 Å². The summed E-state index contributed by atoms with van der Waals surface area (Å²) < 4.78 is 0. The molecule has 2 nitrogen and oxygen atoms in total. The second-order valence-corrected chi connectivity index (χ2v) is 6.05. The van der Waals surface area contributed by atoms with E-state index in [0.29, 0.717) is 11.5 Å². The van der Waals surface area contributed by atoms with Crippen molar-refractivity contribution < 1.29 is 9.90 Å². The predicted molar refractivity (Wildman–Crippen MR) is 70.3 cm³/mol. The average molecular weight is 242 g/mol. The van der Waals surface area contributed by atoms with Crippen LogP contribution in [0, 0.1) is 17.3 Å². The van der Waals surface area contributed by atoms with Gasteiger partial charge in [0.2, 0.25) is 0 Å². The molecule has 18 heavy (non-hydrogen) atoms. The lowest BCUT2D eigenvalue weighted by Crippen LogP contribution is -2.20. The van der Waals surface area contributed by atoms with E-state index in [1.54, 1.807) is 0 Å². The Kier molecular flexibility index (Phi) is 2.37. The van der Waals surface area contributed by atoms with Gasteiger partial charge in [0.15, 0.2) is 5.78 Å². The van der Waals surface area contributed by atoms with Gasteiger partial charge in [-0.05, 0) is 23.3 Å². The van der Waals surface area contributed by atoms with E-state index in [1.165, 1.54) is 5.56 Å². The molecule has 2 fully saturated rings. The number of fused-ring (bicyclic) bond motifs is 2. The maximum absolute atomic E-state index is 12.2. The van der Waals surface area contributed by atoms with Crippen molar-refractivity contribution in [3.8, 4) is 0 Å². The third-order valence-electron chi connectivity index (χ3n) is 4.89. The van der Waals surface area contributed by atoms with Crippen LogP contribution in [-0.2, 0) is 4.79 Å². The number of carbonyl (C=O) groups is 1. The molecule has 0 amide bonds. The highest BCUT2D eigenvalue weighted by Crippen LogP contribution is 2.63. The monoisotopic (exact) mass is 242 g/mol. The molecule has 0 spiro atoms. The predicted octanol–water partition coefficient (Wildman–Crippen LogP) is 3.46. The van der Waals surface area contributed by atoms with Crippen LogP contribution in [-0.4, -0.2) is 10.9 Å². The summed E-state index contributed by atoms with van der Waals surface area (Å²) in [6.45, 7) is 4.30. The van der Waals surface area contributed by atoms with E-state index in [-0.39, 0.29) is 23.0 Å². The summed E-state index contributed by atoms with van der Waals surface area (Å²) in [5, 5.41) is 9.37. The molecule has 1 aromatic carbocycles. The molecule has 0 aliphatic heterocycles. The van der Waals surface area contributed by atoms with E-state index in [1.807, 2.05) is 18.2 Å². The quantitative estimate of drug-likeness (QED) is 0.605. The van der Waals surface area contributed by atoms with Gasteiger partial charge in [0.05, 0.1) is 6.26 Å². The summed E-state index contributed by atoms with van der Waals surface area (Å²) in [7, 11) is 0. The smallest absolute Gasteiger partial charge is 0.165 e. The first-order valence-corrected chi connectivity index (χ1v) is 6.50. The van der Waals surface area contributed by atoms with Gasteiger partial charge in [-0.15, -0.1) is 0 Å². The van der Waals surface area contributed by atoms with Crippen LogP contribution < -0.4 is 0 Å². The number of hydrogen-bond acceptors (Lipinski definition) is 2. The van der Waals surface area contributed by atoms with Crippen LogP contribution >= 0.6 is 0 Å². The Morgan fingerprint density at radius 2 is 1.94 bits per heavy atom. The Morgan fingerprint density at radius 3 is 2.50 bits per heavy atom. The van der Waals surface area contributed by atoms with E-state index in [2.05, 4.69) is 26.0 Å². The minimum absolute atomic E-state index is 0.0356. The van der Waals surface area contributed by atoms with Gasteiger partial charge < -0.3 is 5.11 Å². The van der Waals surface area contributed by atoms with Crippen LogP contribution in [0.5, 0.6) is 0 Å². The van der Waals surface area contributed by atoms with Crippen molar-refractivity contribution in [3.05, 3.63) is 47.7 Å². The Hall–Kier alpha value is -1.57. The van der Waals surface area contributed by atoms with Crippen molar-refractivity contribution >= 4 is 5.78 Å². The van der Waals surface area contributed by atoms with Gasteiger partial charge in [0.25, 0.3) is 0 Å². The number of aliphatic hydroxyl groups is 1. The van der Waals surface area contributed by atoms with Crippen molar-refractivity contribution in [1.82, 2.24) is 0 Å². The fourth-order valence-electron chi connectivity index (χ4n) is 4.02. The molecule has 3 rings (SSSR count). The molecule has 0 heterocycles. The van der Waals surface area contributed by atoms with Crippen molar-refractivity contribution in [1.29, 1.82) is 0 Å². The second kappa shape index (κ2) is 3.71. The van der Waals surface area contributed by atoms with Crippen LogP contribution in [0.15, 0.2) is 42.2 Å². The topological polar surface area (TPSA) is 37.3 Å².